The quantitative estimate of drug-likeness (QED) is 0.527. The van der Waals surface area contributed by atoms with Gasteiger partial charge in [0.2, 0.25) is 9.47 Å². The molecule has 2 aromatic carbocycles. The van der Waals surface area contributed by atoms with E-state index in [4.69, 9.17) is 16.3 Å². The fraction of sp³-hybridized carbons (Fsp3) is 0.167. The molecule has 0 aliphatic rings. The molecule has 152 valence electrons. The number of nitrogens with zero attached hydrogens (tertiary/aromatic N) is 3. The van der Waals surface area contributed by atoms with Gasteiger partial charge in [0.1, 0.15) is 5.75 Å². The third-order valence-electron chi connectivity index (χ3n) is 3.72. The number of amides is 1. The lowest BCUT2D eigenvalue weighted by Crippen LogP contribution is -2.26. The van der Waals surface area contributed by atoms with Crippen molar-refractivity contribution in [2.45, 2.75) is 10.9 Å². The minimum atomic E-state index is -3.83. The number of ether oxygens (including phenoxy) is 1. The van der Waals surface area contributed by atoms with Crippen molar-refractivity contribution in [3.8, 4) is 5.75 Å². The van der Waals surface area contributed by atoms with Crippen molar-refractivity contribution in [3.63, 3.8) is 0 Å². The Balaban J connectivity index is 1.58. The Bertz CT molecular complexity index is 1070. The van der Waals surface area contributed by atoms with Crippen molar-refractivity contribution in [2.75, 3.05) is 19.0 Å². The number of carbonyl (C=O) groups is 1. The van der Waals surface area contributed by atoms with Crippen molar-refractivity contribution in [2.24, 2.45) is 0 Å². The molecular weight excluding hydrogens is 436 g/mol. The molecule has 0 saturated carbocycles. The highest BCUT2D eigenvalue weighted by atomic mass is 35.5. The number of anilines is 1. The largest absolute Gasteiger partial charge is 0.484 e. The second kappa shape index (κ2) is 9.31. The number of nitrogens with one attached hydrogen (secondary N) is 1. The van der Waals surface area contributed by atoms with E-state index in [1.807, 2.05) is 30.3 Å². The van der Waals surface area contributed by atoms with Crippen molar-refractivity contribution in [3.05, 3.63) is 65.2 Å². The number of sulfonamides is 1. The van der Waals surface area contributed by atoms with E-state index in [9.17, 15) is 13.2 Å². The first-order valence-electron chi connectivity index (χ1n) is 8.36. The summed E-state index contributed by atoms with van der Waals surface area (Å²) in [5.74, 6) is -0.00898. The van der Waals surface area contributed by atoms with Gasteiger partial charge in [0.05, 0.1) is 0 Å². The van der Waals surface area contributed by atoms with E-state index in [0.717, 1.165) is 16.9 Å². The molecule has 0 aliphatic heterocycles. The normalized spacial score (nSPS) is 11.4. The maximum absolute atomic E-state index is 12.7. The zero-order valence-electron chi connectivity index (χ0n) is 15.3. The van der Waals surface area contributed by atoms with Crippen LogP contribution in [-0.2, 0) is 21.4 Å². The van der Waals surface area contributed by atoms with Crippen LogP contribution in [0.3, 0.4) is 0 Å². The van der Waals surface area contributed by atoms with Crippen LogP contribution in [0.15, 0.2) is 58.9 Å². The van der Waals surface area contributed by atoms with E-state index in [1.54, 1.807) is 24.3 Å². The second-order valence-electron chi connectivity index (χ2n) is 5.91. The van der Waals surface area contributed by atoms with E-state index in [0.29, 0.717) is 10.8 Å². The lowest BCUT2D eigenvalue weighted by Gasteiger charge is -2.14. The van der Waals surface area contributed by atoms with Crippen LogP contribution < -0.4 is 10.1 Å². The van der Waals surface area contributed by atoms with E-state index in [1.165, 1.54) is 11.4 Å². The number of carbonyl (C=O) groups excluding carboxylic acids is 1. The Hall–Kier alpha value is -2.53. The number of halogens is 1. The predicted octanol–water partition coefficient (Wildman–Crippen LogP) is 3.03. The number of hydrogen-bond acceptors (Lipinski definition) is 7. The summed E-state index contributed by atoms with van der Waals surface area (Å²) in [7, 11) is -2.37. The molecule has 8 nitrogen and oxygen atoms in total. The summed E-state index contributed by atoms with van der Waals surface area (Å²) >= 11 is 6.56. The number of rotatable bonds is 8. The van der Waals surface area contributed by atoms with Crippen LogP contribution in [0.25, 0.3) is 0 Å². The van der Waals surface area contributed by atoms with Gasteiger partial charge in [0.15, 0.2) is 6.61 Å². The molecule has 3 rings (SSSR count). The van der Waals surface area contributed by atoms with Crippen LogP contribution in [0.1, 0.15) is 5.56 Å². The molecule has 0 atom stereocenters. The fourth-order valence-corrected chi connectivity index (χ4v) is 4.65. The number of hydrogen-bond donors (Lipinski definition) is 1. The van der Waals surface area contributed by atoms with Crippen LogP contribution in [0, 0.1) is 0 Å². The van der Waals surface area contributed by atoms with E-state index in [-0.39, 0.29) is 22.6 Å². The smallest absolute Gasteiger partial charge is 0.272 e. The molecule has 0 fully saturated rings. The monoisotopic (exact) mass is 452 g/mol. The number of benzene rings is 2. The maximum Gasteiger partial charge on any atom is 0.272 e. The lowest BCUT2D eigenvalue weighted by atomic mass is 10.2. The van der Waals surface area contributed by atoms with Crippen LogP contribution in [0.5, 0.6) is 5.75 Å². The predicted molar refractivity (Wildman–Crippen MR) is 111 cm³/mol. The second-order valence-corrected chi connectivity index (χ2v) is 9.54. The van der Waals surface area contributed by atoms with Crippen LogP contribution in [0.2, 0.25) is 5.02 Å². The van der Waals surface area contributed by atoms with Gasteiger partial charge in [-0.2, -0.15) is 4.31 Å². The summed E-state index contributed by atoms with van der Waals surface area (Å²) in [6.45, 7) is -0.0728. The zero-order valence-corrected chi connectivity index (χ0v) is 17.7. The lowest BCUT2D eigenvalue weighted by molar-refractivity contribution is -0.118. The third kappa shape index (κ3) is 5.73. The van der Waals surface area contributed by atoms with Gasteiger partial charge in [-0.1, -0.05) is 53.3 Å². The Morgan fingerprint density at radius 1 is 1.14 bits per heavy atom. The average Bonchev–Trinajstić information content (AvgIpc) is 3.17. The minimum Gasteiger partial charge on any atom is -0.484 e. The van der Waals surface area contributed by atoms with E-state index in [2.05, 4.69) is 15.5 Å². The molecule has 29 heavy (non-hydrogen) atoms. The highest BCUT2D eigenvalue weighted by Gasteiger charge is 2.26. The highest BCUT2D eigenvalue weighted by molar-refractivity contribution is 7.91. The van der Waals surface area contributed by atoms with Gasteiger partial charge >= 0.3 is 0 Å². The Morgan fingerprint density at radius 2 is 1.83 bits per heavy atom. The van der Waals surface area contributed by atoms with Gasteiger partial charge in [0, 0.05) is 18.6 Å². The molecule has 0 aliphatic carbocycles. The summed E-state index contributed by atoms with van der Waals surface area (Å²) in [6, 6.07) is 15.7. The van der Waals surface area contributed by atoms with Crippen molar-refractivity contribution >= 4 is 44.0 Å². The first kappa shape index (κ1) is 21.2. The van der Waals surface area contributed by atoms with Crippen LogP contribution in [-0.4, -0.2) is 42.5 Å². The minimum absolute atomic E-state index is 0.0707. The first-order valence-corrected chi connectivity index (χ1v) is 11.0. The third-order valence-corrected chi connectivity index (χ3v) is 6.96. The molecule has 0 bridgehead atoms. The molecule has 3 aromatic rings. The molecule has 1 aromatic heterocycles. The molecule has 0 unspecified atom stereocenters. The topological polar surface area (TPSA) is 101 Å². The summed E-state index contributed by atoms with van der Waals surface area (Å²) in [5, 5.41) is 10.5. The van der Waals surface area contributed by atoms with Gasteiger partial charge in [0.25, 0.3) is 15.9 Å². The highest BCUT2D eigenvalue weighted by Crippen LogP contribution is 2.23. The number of aromatic nitrogens is 2. The zero-order chi connectivity index (χ0) is 20.9. The Kier molecular flexibility index (Phi) is 6.80. The maximum atomic E-state index is 12.7. The van der Waals surface area contributed by atoms with Crippen molar-refractivity contribution in [1.29, 1.82) is 0 Å². The summed E-state index contributed by atoms with van der Waals surface area (Å²) in [6.07, 6.45) is 0. The van der Waals surface area contributed by atoms with Gasteiger partial charge in [-0.15, -0.1) is 10.2 Å². The van der Waals surface area contributed by atoms with E-state index < -0.39 is 15.9 Å². The standard InChI is InChI=1S/C18H17ClN4O4S2/c1-23(11-13-5-3-2-4-6-13)29(25,26)18-22-21-17(28-18)20-16(24)12-27-15-9-7-14(19)8-10-15/h2-10H,11-12H2,1H3,(H,20,21,24). The van der Waals surface area contributed by atoms with Gasteiger partial charge in [-0.3, -0.25) is 10.1 Å². The summed E-state index contributed by atoms with van der Waals surface area (Å²) in [4.78, 5) is 12.0. The molecule has 0 spiro atoms. The first-order chi connectivity index (χ1) is 13.8. The Morgan fingerprint density at radius 3 is 2.52 bits per heavy atom. The summed E-state index contributed by atoms with van der Waals surface area (Å²) in [5.41, 5.74) is 0.843. The molecule has 0 radical (unpaired) electrons. The van der Waals surface area contributed by atoms with Crippen molar-refractivity contribution < 1.29 is 17.9 Å². The Labute approximate surface area is 177 Å². The summed E-state index contributed by atoms with van der Waals surface area (Å²) < 4.78 is 31.6. The van der Waals surface area contributed by atoms with E-state index >= 15 is 0 Å². The average molecular weight is 453 g/mol. The van der Waals surface area contributed by atoms with Crippen LogP contribution in [0.4, 0.5) is 5.13 Å². The van der Waals surface area contributed by atoms with Gasteiger partial charge in [-0.25, -0.2) is 8.42 Å². The van der Waals surface area contributed by atoms with Gasteiger partial charge < -0.3 is 4.74 Å². The molecule has 1 N–H and O–H groups in total. The van der Waals surface area contributed by atoms with Crippen molar-refractivity contribution in [1.82, 2.24) is 14.5 Å². The van der Waals surface area contributed by atoms with Crippen LogP contribution >= 0.6 is 22.9 Å². The SMILES string of the molecule is CN(Cc1ccccc1)S(=O)(=O)c1nnc(NC(=O)COc2ccc(Cl)cc2)s1. The molecular formula is C18H17ClN4O4S2. The molecule has 0 saturated heterocycles. The fourth-order valence-electron chi connectivity index (χ4n) is 2.26. The van der Waals surface area contributed by atoms with Gasteiger partial charge in [-0.05, 0) is 29.8 Å². The molecule has 11 heteroatoms. The molecule has 1 amide bonds. The molecule has 1 heterocycles.